The summed E-state index contributed by atoms with van der Waals surface area (Å²) in [6.07, 6.45) is 0. The zero-order chi connectivity index (χ0) is 9.14. The van der Waals surface area contributed by atoms with Gasteiger partial charge in [-0.2, -0.15) is 0 Å². The van der Waals surface area contributed by atoms with E-state index in [0.717, 1.165) is 4.88 Å². The van der Waals surface area contributed by atoms with Crippen LogP contribution in [0, 0.1) is 0 Å². The monoisotopic (exact) mass is 185 g/mol. The number of carboxylic acid groups (broad SMARTS) is 1. The smallest absolute Gasteiger partial charge is 0.345 e. The van der Waals surface area contributed by atoms with E-state index in [0.29, 0.717) is 4.88 Å². The summed E-state index contributed by atoms with van der Waals surface area (Å²) < 4.78 is 0. The Morgan fingerprint density at radius 3 is 2.75 bits per heavy atom. The summed E-state index contributed by atoms with van der Waals surface area (Å²) in [6, 6.07) is 3.70. The van der Waals surface area contributed by atoms with Crippen LogP contribution < -0.4 is 5.32 Å². The highest BCUT2D eigenvalue weighted by Gasteiger charge is 2.09. The van der Waals surface area contributed by atoms with Gasteiger partial charge >= 0.3 is 5.97 Å². The minimum Gasteiger partial charge on any atom is -0.477 e. The molecule has 0 amide bonds. The van der Waals surface area contributed by atoms with Crippen LogP contribution in [0.2, 0.25) is 0 Å². The summed E-state index contributed by atoms with van der Waals surface area (Å²) in [5.74, 6) is -0.852. The van der Waals surface area contributed by atoms with Crippen molar-refractivity contribution >= 4 is 17.3 Å². The molecule has 0 aliphatic heterocycles. The Labute approximate surface area is 75.0 Å². The van der Waals surface area contributed by atoms with E-state index in [1.54, 1.807) is 6.07 Å². The second-order valence-electron chi connectivity index (χ2n) is 2.52. The molecule has 0 saturated carbocycles. The van der Waals surface area contributed by atoms with Gasteiger partial charge in [0.1, 0.15) is 4.88 Å². The first-order chi connectivity index (χ1) is 5.65. The normalized spacial score (nSPS) is 12.8. The molecule has 1 unspecified atom stereocenters. The van der Waals surface area contributed by atoms with E-state index >= 15 is 0 Å². The molecule has 1 aromatic heterocycles. The first-order valence-electron chi connectivity index (χ1n) is 3.65. The molecule has 0 saturated heterocycles. The van der Waals surface area contributed by atoms with Crippen LogP contribution in [0.5, 0.6) is 0 Å². The Morgan fingerprint density at radius 1 is 1.67 bits per heavy atom. The molecule has 0 aliphatic rings. The van der Waals surface area contributed by atoms with Gasteiger partial charge in [-0.15, -0.1) is 11.3 Å². The summed E-state index contributed by atoms with van der Waals surface area (Å²) in [6.45, 7) is 2.00. The lowest BCUT2D eigenvalue weighted by molar-refractivity contribution is 0.0702. The molecule has 0 spiro atoms. The minimum absolute atomic E-state index is 0.225. The number of aromatic carboxylic acids is 1. The SMILES string of the molecule is CNC(C)c1ccc(C(=O)O)s1. The van der Waals surface area contributed by atoms with Gasteiger partial charge in [0.25, 0.3) is 0 Å². The molecule has 0 fully saturated rings. The van der Waals surface area contributed by atoms with Gasteiger partial charge in [-0.25, -0.2) is 4.79 Å². The lowest BCUT2D eigenvalue weighted by Crippen LogP contribution is -2.10. The summed E-state index contributed by atoms with van der Waals surface area (Å²) in [5.41, 5.74) is 0. The van der Waals surface area contributed by atoms with Crippen LogP contribution in [0.15, 0.2) is 12.1 Å². The summed E-state index contributed by atoms with van der Waals surface area (Å²) in [7, 11) is 1.85. The van der Waals surface area contributed by atoms with E-state index in [1.807, 2.05) is 20.0 Å². The number of carbonyl (C=O) groups is 1. The molecular weight excluding hydrogens is 174 g/mol. The van der Waals surface area contributed by atoms with Crippen molar-refractivity contribution in [1.29, 1.82) is 0 Å². The van der Waals surface area contributed by atoms with E-state index < -0.39 is 5.97 Å². The van der Waals surface area contributed by atoms with Crippen molar-refractivity contribution in [3.63, 3.8) is 0 Å². The number of hydrogen-bond acceptors (Lipinski definition) is 3. The lowest BCUT2D eigenvalue weighted by Gasteiger charge is -2.05. The van der Waals surface area contributed by atoms with Crippen LogP contribution in [0.4, 0.5) is 0 Å². The van der Waals surface area contributed by atoms with Gasteiger partial charge in [-0.05, 0) is 26.1 Å². The van der Waals surface area contributed by atoms with Crippen LogP contribution in [0.1, 0.15) is 27.5 Å². The predicted octanol–water partition coefficient (Wildman–Crippen LogP) is 1.73. The topological polar surface area (TPSA) is 49.3 Å². The van der Waals surface area contributed by atoms with Crippen LogP contribution in [-0.4, -0.2) is 18.1 Å². The second-order valence-corrected chi connectivity index (χ2v) is 3.63. The number of carboxylic acids is 1. The van der Waals surface area contributed by atoms with E-state index in [9.17, 15) is 4.79 Å². The number of hydrogen-bond donors (Lipinski definition) is 2. The quantitative estimate of drug-likeness (QED) is 0.754. The van der Waals surface area contributed by atoms with Crippen molar-refractivity contribution in [2.45, 2.75) is 13.0 Å². The molecule has 0 radical (unpaired) electrons. The van der Waals surface area contributed by atoms with Crippen molar-refractivity contribution in [2.75, 3.05) is 7.05 Å². The van der Waals surface area contributed by atoms with Crippen molar-refractivity contribution < 1.29 is 9.90 Å². The van der Waals surface area contributed by atoms with Gasteiger partial charge < -0.3 is 10.4 Å². The predicted molar refractivity (Wildman–Crippen MR) is 48.8 cm³/mol. The van der Waals surface area contributed by atoms with Crippen molar-refractivity contribution in [2.24, 2.45) is 0 Å². The summed E-state index contributed by atoms with van der Waals surface area (Å²) in [5, 5.41) is 11.7. The van der Waals surface area contributed by atoms with E-state index in [2.05, 4.69) is 5.32 Å². The molecule has 66 valence electrons. The molecule has 0 aromatic carbocycles. The molecule has 0 aliphatic carbocycles. The van der Waals surface area contributed by atoms with Crippen molar-refractivity contribution in [3.05, 3.63) is 21.9 Å². The summed E-state index contributed by atoms with van der Waals surface area (Å²) in [4.78, 5) is 12.0. The standard InChI is InChI=1S/C8H11NO2S/c1-5(9-2)6-3-4-7(12-6)8(10)11/h3-5,9H,1-2H3,(H,10,11). The number of rotatable bonds is 3. The number of thiophene rings is 1. The summed E-state index contributed by atoms with van der Waals surface area (Å²) >= 11 is 1.31. The van der Waals surface area contributed by atoms with E-state index in [1.165, 1.54) is 11.3 Å². The van der Waals surface area contributed by atoms with Crippen LogP contribution in [0.3, 0.4) is 0 Å². The molecule has 2 N–H and O–H groups in total. The molecule has 3 nitrogen and oxygen atoms in total. The third kappa shape index (κ3) is 1.84. The molecule has 0 bridgehead atoms. The van der Waals surface area contributed by atoms with Crippen molar-refractivity contribution in [1.82, 2.24) is 5.32 Å². The average molecular weight is 185 g/mol. The zero-order valence-electron chi connectivity index (χ0n) is 7.00. The molecule has 1 heterocycles. The Balaban J connectivity index is 2.84. The highest BCUT2D eigenvalue weighted by Crippen LogP contribution is 2.22. The van der Waals surface area contributed by atoms with Gasteiger partial charge in [-0.1, -0.05) is 0 Å². The second kappa shape index (κ2) is 3.69. The van der Waals surface area contributed by atoms with E-state index in [-0.39, 0.29) is 6.04 Å². The fourth-order valence-electron chi connectivity index (χ4n) is 0.843. The minimum atomic E-state index is -0.852. The maximum atomic E-state index is 10.5. The average Bonchev–Trinajstić information content (AvgIpc) is 2.51. The molecule has 1 rings (SSSR count). The highest BCUT2D eigenvalue weighted by atomic mass is 32.1. The Kier molecular flexibility index (Phi) is 2.83. The fraction of sp³-hybridized carbons (Fsp3) is 0.375. The Hall–Kier alpha value is -0.870. The highest BCUT2D eigenvalue weighted by molar-refractivity contribution is 7.14. The first-order valence-corrected chi connectivity index (χ1v) is 4.47. The van der Waals surface area contributed by atoms with Crippen LogP contribution >= 0.6 is 11.3 Å². The van der Waals surface area contributed by atoms with Gasteiger partial charge in [-0.3, -0.25) is 0 Å². The number of nitrogens with one attached hydrogen (secondary N) is 1. The third-order valence-electron chi connectivity index (χ3n) is 1.70. The van der Waals surface area contributed by atoms with E-state index in [4.69, 9.17) is 5.11 Å². The van der Waals surface area contributed by atoms with Gasteiger partial charge in [0, 0.05) is 10.9 Å². The molecule has 12 heavy (non-hydrogen) atoms. The Morgan fingerprint density at radius 2 is 2.33 bits per heavy atom. The van der Waals surface area contributed by atoms with Gasteiger partial charge in [0.2, 0.25) is 0 Å². The molecule has 1 atom stereocenters. The Bertz CT molecular complexity index is 282. The van der Waals surface area contributed by atoms with Crippen molar-refractivity contribution in [3.8, 4) is 0 Å². The first kappa shape index (κ1) is 9.22. The molecule has 4 heteroatoms. The third-order valence-corrected chi connectivity index (χ3v) is 2.95. The largest absolute Gasteiger partial charge is 0.477 e. The van der Waals surface area contributed by atoms with Gasteiger partial charge in [0.15, 0.2) is 0 Å². The van der Waals surface area contributed by atoms with Gasteiger partial charge in [0.05, 0.1) is 0 Å². The zero-order valence-corrected chi connectivity index (χ0v) is 7.81. The molecule has 1 aromatic rings. The van der Waals surface area contributed by atoms with Crippen LogP contribution in [-0.2, 0) is 0 Å². The lowest BCUT2D eigenvalue weighted by atomic mass is 10.3. The molecular formula is C8H11NO2S. The maximum absolute atomic E-state index is 10.5. The fourth-order valence-corrected chi connectivity index (χ4v) is 1.75. The van der Waals surface area contributed by atoms with Crippen LogP contribution in [0.25, 0.3) is 0 Å². The maximum Gasteiger partial charge on any atom is 0.345 e.